The third-order valence-electron chi connectivity index (χ3n) is 5.39. The lowest BCUT2D eigenvalue weighted by Gasteiger charge is -2.15. The fraction of sp³-hybridized carbons (Fsp3) is 0.222. The van der Waals surface area contributed by atoms with Crippen LogP contribution < -0.4 is 5.32 Å². The molecule has 36 heavy (non-hydrogen) atoms. The average molecular weight is 503 g/mol. The number of nitrogens with one attached hydrogen (secondary N) is 1. The van der Waals surface area contributed by atoms with E-state index in [1.54, 1.807) is 31.2 Å². The molecule has 2 aromatic carbocycles. The summed E-state index contributed by atoms with van der Waals surface area (Å²) in [5.74, 6) is -1.32. The van der Waals surface area contributed by atoms with E-state index in [1.165, 1.54) is 4.90 Å². The molecule has 0 unspecified atom stereocenters. The molecule has 2 heterocycles. The smallest absolute Gasteiger partial charge is 0.338 e. The maximum atomic E-state index is 13.4. The highest BCUT2D eigenvalue weighted by atomic mass is 32.2. The van der Waals surface area contributed by atoms with E-state index in [-0.39, 0.29) is 23.8 Å². The van der Waals surface area contributed by atoms with Crippen molar-refractivity contribution < 1.29 is 19.1 Å². The highest BCUT2D eigenvalue weighted by Crippen LogP contribution is 2.34. The molecule has 0 saturated carbocycles. The number of benzene rings is 2. The van der Waals surface area contributed by atoms with Gasteiger partial charge in [-0.15, -0.1) is 0 Å². The van der Waals surface area contributed by atoms with Crippen molar-refractivity contribution in [2.24, 2.45) is 0 Å². The van der Waals surface area contributed by atoms with Crippen molar-refractivity contribution in [1.29, 1.82) is 0 Å². The Balaban J connectivity index is 1.65. The molecule has 0 bridgehead atoms. The van der Waals surface area contributed by atoms with E-state index >= 15 is 0 Å². The van der Waals surface area contributed by atoms with Gasteiger partial charge in [-0.3, -0.25) is 14.5 Å². The third-order valence-corrected chi connectivity index (χ3v) is 6.34. The molecule has 8 nitrogen and oxygen atoms in total. The normalized spacial score (nSPS) is 13.4. The number of hydrogen-bond donors (Lipinski definition) is 1. The summed E-state index contributed by atoms with van der Waals surface area (Å²) in [6.07, 6.45) is 0.530. The van der Waals surface area contributed by atoms with E-state index in [9.17, 15) is 14.4 Å². The maximum absolute atomic E-state index is 13.4. The fourth-order valence-electron chi connectivity index (χ4n) is 3.76. The summed E-state index contributed by atoms with van der Waals surface area (Å²) in [6, 6.07) is 18.1. The lowest BCUT2D eigenvalue weighted by atomic mass is 10.1. The number of nitrogens with zero attached hydrogens (tertiary/aromatic N) is 3. The highest BCUT2D eigenvalue weighted by Gasteiger charge is 2.39. The molecule has 1 aliphatic heterocycles. The Morgan fingerprint density at radius 3 is 2.39 bits per heavy atom. The van der Waals surface area contributed by atoms with Gasteiger partial charge in [0, 0.05) is 23.6 Å². The lowest BCUT2D eigenvalue weighted by molar-refractivity contribution is -0.137. The fourth-order valence-corrected chi connectivity index (χ4v) is 4.76. The Bertz CT molecular complexity index is 1320. The minimum Gasteiger partial charge on any atom is -0.462 e. The van der Waals surface area contributed by atoms with Gasteiger partial charge in [-0.25, -0.2) is 14.8 Å². The van der Waals surface area contributed by atoms with Crippen molar-refractivity contribution >= 4 is 35.2 Å². The monoisotopic (exact) mass is 502 g/mol. The van der Waals surface area contributed by atoms with Crippen LogP contribution in [0.15, 0.2) is 76.4 Å². The zero-order valence-electron chi connectivity index (χ0n) is 20.3. The zero-order valence-corrected chi connectivity index (χ0v) is 21.1. The molecule has 184 valence electrons. The van der Waals surface area contributed by atoms with Crippen LogP contribution in [0.4, 0.5) is 5.69 Å². The number of amides is 2. The summed E-state index contributed by atoms with van der Waals surface area (Å²) < 4.78 is 5.08. The molecule has 4 rings (SSSR count). The van der Waals surface area contributed by atoms with Crippen molar-refractivity contribution in [1.82, 2.24) is 14.9 Å². The van der Waals surface area contributed by atoms with Crippen molar-refractivity contribution in [3.05, 3.63) is 93.8 Å². The number of imide groups is 1. The zero-order chi connectivity index (χ0) is 25.7. The van der Waals surface area contributed by atoms with Crippen LogP contribution in [0.1, 0.15) is 34.2 Å². The average Bonchev–Trinajstić information content (AvgIpc) is 3.06. The second-order valence-electron chi connectivity index (χ2n) is 8.16. The number of rotatable bonds is 9. The molecule has 0 saturated heterocycles. The van der Waals surface area contributed by atoms with Gasteiger partial charge in [-0.05, 0) is 68.8 Å². The topological polar surface area (TPSA) is 101 Å². The van der Waals surface area contributed by atoms with Gasteiger partial charge in [0.15, 0.2) is 5.16 Å². The van der Waals surface area contributed by atoms with Gasteiger partial charge < -0.3 is 10.1 Å². The molecular formula is C27H26N4O4S. The molecule has 0 radical (unpaired) electrons. The van der Waals surface area contributed by atoms with Crippen LogP contribution in [0, 0.1) is 13.8 Å². The Morgan fingerprint density at radius 1 is 0.972 bits per heavy atom. The van der Waals surface area contributed by atoms with Gasteiger partial charge in [-0.1, -0.05) is 36.4 Å². The SMILES string of the molecule is CCOC(=O)c1cccc(NC2=C(Sc3nc(C)cc(C)n3)C(=O)N(CCc3ccccc3)C2=O)c1. The van der Waals surface area contributed by atoms with Crippen LogP contribution in [-0.4, -0.2) is 45.8 Å². The number of carbonyl (C=O) groups is 3. The van der Waals surface area contributed by atoms with Gasteiger partial charge >= 0.3 is 5.97 Å². The Labute approximate surface area is 213 Å². The third kappa shape index (κ3) is 5.80. The number of anilines is 1. The number of aromatic nitrogens is 2. The van der Waals surface area contributed by atoms with Gasteiger partial charge in [0.2, 0.25) is 0 Å². The van der Waals surface area contributed by atoms with Gasteiger partial charge in [0.25, 0.3) is 11.8 Å². The Morgan fingerprint density at radius 2 is 1.69 bits per heavy atom. The van der Waals surface area contributed by atoms with Gasteiger partial charge in [0.1, 0.15) is 10.6 Å². The summed E-state index contributed by atoms with van der Waals surface area (Å²) >= 11 is 1.05. The number of hydrogen-bond acceptors (Lipinski definition) is 8. The highest BCUT2D eigenvalue weighted by molar-refractivity contribution is 8.04. The summed E-state index contributed by atoms with van der Waals surface area (Å²) in [5.41, 5.74) is 3.50. The molecule has 0 spiro atoms. The first-order chi connectivity index (χ1) is 17.4. The number of esters is 1. The maximum Gasteiger partial charge on any atom is 0.338 e. The van der Waals surface area contributed by atoms with Crippen LogP contribution in [0.3, 0.4) is 0 Å². The minimum absolute atomic E-state index is 0.127. The minimum atomic E-state index is -0.466. The summed E-state index contributed by atoms with van der Waals surface area (Å²) in [4.78, 5) is 49.3. The number of carbonyl (C=O) groups excluding carboxylic acids is 3. The molecular weight excluding hydrogens is 476 g/mol. The largest absolute Gasteiger partial charge is 0.462 e. The molecule has 1 aromatic heterocycles. The molecule has 9 heteroatoms. The van der Waals surface area contributed by atoms with Crippen molar-refractivity contribution in [3.63, 3.8) is 0 Å². The number of thioether (sulfide) groups is 1. The quantitative estimate of drug-likeness (QED) is 0.263. The van der Waals surface area contributed by atoms with Crippen molar-refractivity contribution in [3.8, 4) is 0 Å². The second kappa shape index (κ2) is 11.2. The first kappa shape index (κ1) is 25.1. The van der Waals surface area contributed by atoms with E-state index in [4.69, 9.17) is 4.74 Å². The number of ether oxygens (including phenoxy) is 1. The molecule has 1 aliphatic rings. The first-order valence-electron chi connectivity index (χ1n) is 11.5. The standard InChI is InChI=1S/C27H26N4O4S/c1-4-35-26(34)20-11-8-12-21(16-20)30-22-23(36-27-28-17(2)15-18(3)29-27)25(33)31(24(22)32)14-13-19-9-6-5-7-10-19/h5-12,15-16,30H,4,13-14H2,1-3H3. The van der Waals surface area contributed by atoms with Crippen LogP contribution in [-0.2, 0) is 20.7 Å². The van der Waals surface area contributed by atoms with Crippen LogP contribution in [0.2, 0.25) is 0 Å². The van der Waals surface area contributed by atoms with Crippen LogP contribution in [0.25, 0.3) is 0 Å². The summed E-state index contributed by atoms with van der Waals surface area (Å²) in [6.45, 7) is 5.91. The summed E-state index contributed by atoms with van der Waals surface area (Å²) in [5, 5.41) is 3.45. The molecule has 3 aromatic rings. The first-order valence-corrected chi connectivity index (χ1v) is 12.4. The molecule has 0 atom stereocenters. The predicted molar refractivity (Wildman–Crippen MR) is 137 cm³/mol. The van der Waals surface area contributed by atoms with Crippen LogP contribution >= 0.6 is 11.8 Å². The van der Waals surface area contributed by atoms with E-state index in [0.29, 0.717) is 22.8 Å². The lowest BCUT2D eigenvalue weighted by Crippen LogP contribution is -2.34. The van der Waals surface area contributed by atoms with E-state index in [0.717, 1.165) is 28.7 Å². The summed E-state index contributed by atoms with van der Waals surface area (Å²) in [7, 11) is 0. The second-order valence-corrected chi connectivity index (χ2v) is 9.14. The molecule has 2 amide bonds. The molecule has 1 N–H and O–H groups in total. The van der Waals surface area contributed by atoms with Gasteiger partial charge in [-0.2, -0.15) is 0 Å². The number of aryl methyl sites for hydroxylation is 2. The van der Waals surface area contributed by atoms with Crippen LogP contribution in [0.5, 0.6) is 0 Å². The van der Waals surface area contributed by atoms with E-state index < -0.39 is 17.8 Å². The molecule has 0 fully saturated rings. The van der Waals surface area contributed by atoms with Crippen molar-refractivity contribution in [2.45, 2.75) is 32.3 Å². The Hall–Kier alpha value is -3.98. The van der Waals surface area contributed by atoms with Crippen molar-refractivity contribution in [2.75, 3.05) is 18.5 Å². The predicted octanol–water partition coefficient (Wildman–Crippen LogP) is 4.30. The van der Waals surface area contributed by atoms with E-state index in [1.807, 2.05) is 50.2 Å². The van der Waals surface area contributed by atoms with Gasteiger partial charge in [0.05, 0.1) is 12.2 Å². The Kier molecular flexibility index (Phi) is 7.80. The van der Waals surface area contributed by atoms with E-state index in [2.05, 4.69) is 15.3 Å². The molecule has 0 aliphatic carbocycles.